The van der Waals surface area contributed by atoms with Crippen LogP contribution in [-0.4, -0.2) is 47.4 Å². The van der Waals surface area contributed by atoms with Crippen LogP contribution in [0.25, 0.3) is 0 Å². The maximum atomic E-state index is 13.0. The second-order valence-corrected chi connectivity index (χ2v) is 7.11. The van der Waals surface area contributed by atoms with Gasteiger partial charge in [-0.2, -0.15) is 0 Å². The number of nitrogens with zero attached hydrogens (tertiary/aromatic N) is 2. The Bertz CT molecular complexity index is 508. The molecule has 1 heterocycles. The molecule has 23 heavy (non-hydrogen) atoms. The molecule has 1 saturated heterocycles. The van der Waals surface area contributed by atoms with E-state index < -0.39 is 0 Å². The van der Waals surface area contributed by atoms with Gasteiger partial charge in [-0.15, -0.1) is 0 Å². The van der Waals surface area contributed by atoms with E-state index in [2.05, 4.69) is 54.0 Å². The lowest BCUT2D eigenvalue weighted by molar-refractivity contribution is -0.141. The van der Waals surface area contributed by atoms with Crippen LogP contribution in [0.5, 0.6) is 0 Å². The monoisotopic (exact) mass is 314 g/mol. The predicted octanol–water partition coefficient (Wildman–Crippen LogP) is 3.34. The van der Waals surface area contributed by atoms with Gasteiger partial charge in [0.15, 0.2) is 0 Å². The minimum Gasteiger partial charge on any atom is -0.337 e. The second-order valence-electron chi connectivity index (χ2n) is 7.11. The summed E-state index contributed by atoms with van der Waals surface area (Å²) in [7, 11) is 0. The van der Waals surface area contributed by atoms with E-state index in [9.17, 15) is 4.79 Å². The summed E-state index contributed by atoms with van der Waals surface area (Å²) >= 11 is 0. The number of carbonyl (C=O) groups excluding carboxylic acids is 1. The van der Waals surface area contributed by atoms with Crippen molar-refractivity contribution in [3.63, 3.8) is 0 Å². The molecule has 0 bridgehead atoms. The number of hydrogen-bond acceptors (Lipinski definition) is 2. The number of amides is 1. The van der Waals surface area contributed by atoms with Crippen LogP contribution in [0.15, 0.2) is 30.3 Å². The van der Waals surface area contributed by atoms with Gasteiger partial charge in [-0.25, -0.2) is 0 Å². The average molecular weight is 314 g/mol. The van der Waals surface area contributed by atoms with E-state index >= 15 is 0 Å². The first-order chi connectivity index (χ1) is 11.2. The van der Waals surface area contributed by atoms with Gasteiger partial charge in [0.2, 0.25) is 5.91 Å². The van der Waals surface area contributed by atoms with Crippen LogP contribution in [0.3, 0.4) is 0 Å². The molecule has 1 amide bonds. The van der Waals surface area contributed by atoms with Crippen molar-refractivity contribution in [2.45, 2.75) is 58.0 Å². The van der Waals surface area contributed by atoms with Crippen molar-refractivity contribution in [1.82, 2.24) is 9.80 Å². The topological polar surface area (TPSA) is 23.6 Å². The van der Waals surface area contributed by atoms with E-state index in [0.29, 0.717) is 11.9 Å². The maximum absolute atomic E-state index is 13.0. The van der Waals surface area contributed by atoms with Gasteiger partial charge in [-0.05, 0) is 37.7 Å². The van der Waals surface area contributed by atoms with Crippen LogP contribution in [-0.2, 0) is 11.2 Å². The Kier molecular flexibility index (Phi) is 5.37. The van der Waals surface area contributed by atoms with Gasteiger partial charge in [-0.3, -0.25) is 9.69 Å². The molecule has 1 aliphatic heterocycles. The summed E-state index contributed by atoms with van der Waals surface area (Å²) in [5.41, 5.74) is 1.34. The average Bonchev–Trinajstić information content (AvgIpc) is 3.42. The van der Waals surface area contributed by atoms with Gasteiger partial charge in [0.05, 0.1) is 0 Å². The van der Waals surface area contributed by atoms with Gasteiger partial charge in [0.1, 0.15) is 0 Å². The lowest BCUT2D eigenvalue weighted by Crippen LogP contribution is -2.57. The lowest BCUT2D eigenvalue weighted by atomic mass is 9.97. The molecule has 1 aromatic carbocycles. The Balaban J connectivity index is 1.73. The van der Waals surface area contributed by atoms with Gasteiger partial charge >= 0.3 is 0 Å². The van der Waals surface area contributed by atoms with Crippen molar-refractivity contribution in [2.24, 2.45) is 5.92 Å². The highest BCUT2D eigenvalue weighted by Crippen LogP contribution is 2.30. The summed E-state index contributed by atoms with van der Waals surface area (Å²) in [4.78, 5) is 17.8. The molecule has 1 saturated carbocycles. The van der Waals surface area contributed by atoms with E-state index in [4.69, 9.17) is 0 Å². The fourth-order valence-corrected chi connectivity index (χ4v) is 3.87. The molecule has 3 nitrogen and oxygen atoms in total. The van der Waals surface area contributed by atoms with Crippen LogP contribution in [0.1, 0.15) is 45.1 Å². The summed E-state index contributed by atoms with van der Waals surface area (Å²) < 4.78 is 0. The van der Waals surface area contributed by atoms with Crippen molar-refractivity contribution in [3.05, 3.63) is 35.9 Å². The molecule has 0 aromatic heterocycles. The molecule has 2 aliphatic rings. The maximum Gasteiger partial charge on any atom is 0.226 e. The van der Waals surface area contributed by atoms with Gasteiger partial charge < -0.3 is 4.90 Å². The van der Waals surface area contributed by atoms with Crippen LogP contribution >= 0.6 is 0 Å². The van der Waals surface area contributed by atoms with E-state index in [1.807, 2.05) is 0 Å². The molecular weight excluding hydrogens is 284 g/mol. The Morgan fingerprint density at radius 3 is 2.43 bits per heavy atom. The SMILES string of the molecule is CCC(CC)C(=O)N1CCN(C2CC2)CC1Cc1ccccc1. The van der Waals surface area contributed by atoms with Crippen molar-refractivity contribution >= 4 is 5.91 Å². The number of benzene rings is 1. The molecule has 1 atom stereocenters. The third kappa shape index (κ3) is 3.95. The highest BCUT2D eigenvalue weighted by atomic mass is 16.2. The van der Waals surface area contributed by atoms with Crippen LogP contribution < -0.4 is 0 Å². The van der Waals surface area contributed by atoms with E-state index in [-0.39, 0.29) is 5.92 Å². The Hall–Kier alpha value is -1.35. The molecule has 2 fully saturated rings. The molecule has 126 valence electrons. The van der Waals surface area contributed by atoms with E-state index in [1.54, 1.807) is 0 Å². The van der Waals surface area contributed by atoms with Crippen molar-refractivity contribution in [1.29, 1.82) is 0 Å². The molecule has 3 heteroatoms. The molecule has 1 aromatic rings. The zero-order chi connectivity index (χ0) is 16.2. The zero-order valence-corrected chi connectivity index (χ0v) is 14.6. The molecular formula is C20H30N2O. The summed E-state index contributed by atoms with van der Waals surface area (Å²) in [5.74, 6) is 0.576. The van der Waals surface area contributed by atoms with Gasteiger partial charge in [-0.1, -0.05) is 44.2 Å². The highest BCUT2D eigenvalue weighted by Gasteiger charge is 2.38. The summed E-state index contributed by atoms with van der Waals surface area (Å²) in [6.45, 7) is 7.29. The van der Waals surface area contributed by atoms with E-state index in [0.717, 1.165) is 44.9 Å². The number of hydrogen-bond donors (Lipinski definition) is 0. The largest absolute Gasteiger partial charge is 0.337 e. The summed E-state index contributed by atoms with van der Waals surface area (Å²) in [6, 6.07) is 11.8. The summed E-state index contributed by atoms with van der Waals surface area (Å²) in [5, 5.41) is 0. The smallest absolute Gasteiger partial charge is 0.226 e. The van der Waals surface area contributed by atoms with Gasteiger partial charge in [0.25, 0.3) is 0 Å². The fourth-order valence-electron chi connectivity index (χ4n) is 3.87. The van der Waals surface area contributed by atoms with Crippen molar-refractivity contribution in [2.75, 3.05) is 19.6 Å². The van der Waals surface area contributed by atoms with Crippen LogP contribution in [0.2, 0.25) is 0 Å². The number of carbonyl (C=O) groups is 1. The van der Waals surface area contributed by atoms with Gasteiger partial charge in [0, 0.05) is 37.6 Å². The standard InChI is InChI=1S/C20H30N2O/c1-3-17(4-2)20(23)22-13-12-21(18-10-11-18)15-19(22)14-16-8-6-5-7-9-16/h5-9,17-19H,3-4,10-15H2,1-2H3. The Labute approximate surface area is 140 Å². The predicted molar refractivity (Wildman–Crippen MR) is 94.3 cm³/mol. The van der Waals surface area contributed by atoms with E-state index in [1.165, 1.54) is 18.4 Å². The Morgan fingerprint density at radius 1 is 1.13 bits per heavy atom. The molecule has 1 unspecified atom stereocenters. The van der Waals surface area contributed by atoms with Crippen LogP contribution in [0.4, 0.5) is 0 Å². The quantitative estimate of drug-likeness (QED) is 0.804. The molecule has 0 N–H and O–H groups in total. The van der Waals surface area contributed by atoms with Crippen molar-refractivity contribution < 1.29 is 4.79 Å². The van der Waals surface area contributed by atoms with Crippen LogP contribution in [0, 0.1) is 5.92 Å². The molecule has 3 rings (SSSR count). The second kappa shape index (κ2) is 7.48. The first-order valence-corrected chi connectivity index (χ1v) is 9.31. The first-order valence-electron chi connectivity index (χ1n) is 9.31. The van der Waals surface area contributed by atoms with Crippen molar-refractivity contribution in [3.8, 4) is 0 Å². The third-order valence-electron chi connectivity index (χ3n) is 5.51. The normalized spacial score (nSPS) is 22.6. The molecule has 0 spiro atoms. The third-order valence-corrected chi connectivity index (χ3v) is 5.51. The molecule has 1 aliphatic carbocycles. The number of rotatable bonds is 6. The fraction of sp³-hybridized carbons (Fsp3) is 0.650. The molecule has 0 radical (unpaired) electrons. The first kappa shape index (κ1) is 16.5. The minimum atomic E-state index is 0.195. The Morgan fingerprint density at radius 2 is 1.83 bits per heavy atom. The number of piperazine rings is 1. The minimum absolute atomic E-state index is 0.195. The zero-order valence-electron chi connectivity index (χ0n) is 14.6. The lowest BCUT2D eigenvalue weighted by Gasteiger charge is -2.43. The highest BCUT2D eigenvalue weighted by molar-refractivity contribution is 5.79. The summed E-state index contributed by atoms with van der Waals surface area (Å²) in [6.07, 6.45) is 5.58.